The van der Waals surface area contributed by atoms with Crippen molar-refractivity contribution in [3.8, 4) is 0 Å². The first kappa shape index (κ1) is 7.35. The molecule has 1 aromatic heterocycles. The number of hydrogen-bond acceptors (Lipinski definition) is 6. The van der Waals surface area contributed by atoms with Gasteiger partial charge >= 0.3 is 0 Å². The molecule has 0 unspecified atom stereocenters. The molecule has 0 aliphatic carbocycles. The number of hydrogen-bond donors (Lipinski definition) is 1. The van der Waals surface area contributed by atoms with E-state index in [9.17, 15) is 8.42 Å². The summed E-state index contributed by atoms with van der Waals surface area (Å²) in [4.78, 5) is 0. The molecule has 1 aromatic rings. The lowest BCUT2D eigenvalue weighted by Gasteiger charge is -1.93. The molecule has 0 bridgehead atoms. The zero-order chi connectivity index (χ0) is 7.61. The van der Waals surface area contributed by atoms with Crippen LogP contribution in [0.15, 0.2) is 0 Å². The summed E-state index contributed by atoms with van der Waals surface area (Å²) in [5.41, 5.74) is 0. The van der Waals surface area contributed by atoms with Crippen LogP contribution in [0.4, 0.5) is 5.13 Å². The fourth-order valence-electron chi connectivity index (χ4n) is 0.332. The largest absolute Gasteiger partial charge is 0.256 e. The van der Waals surface area contributed by atoms with Crippen molar-refractivity contribution >= 4 is 26.7 Å². The fourth-order valence-corrected chi connectivity index (χ4v) is 1.52. The van der Waals surface area contributed by atoms with E-state index >= 15 is 0 Å². The predicted octanol–water partition coefficient (Wildman–Crippen LogP) is -0.695. The SMILES string of the molecule is CS(=O)(=O)Nc1nnns1. The van der Waals surface area contributed by atoms with Crippen molar-refractivity contribution in [3.05, 3.63) is 0 Å². The first-order valence-electron chi connectivity index (χ1n) is 2.21. The second-order valence-corrected chi connectivity index (χ2v) is 4.02. The van der Waals surface area contributed by atoms with Gasteiger partial charge in [-0.2, -0.15) is 0 Å². The number of anilines is 1. The normalized spacial score (nSPS) is 11.3. The number of nitrogens with one attached hydrogen (secondary N) is 1. The molecular formula is C2H4N4O2S2. The number of aromatic nitrogens is 3. The third-order valence-corrected chi connectivity index (χ3v) is 1.78. The molecule has 0 aliphatic rings. The summed E-state index contributed by atoms with van der Waals surface area (Å²) >= 11 is 0.887. The van der Waals surface area contributed by atoms with E-state index in [-0.39, 0.29) is 5.13 Å². The van der Waals surface area contributed by atoms with Gasteiger partial charge in [0, 0.05) is 11.5 Å². The third kappa shape index (κ3) is 2.23. The Morgan fingerprint density at radius 2 is 2.30 bits per heavy atom. The van der Waals surface area contributed by atoms with Crippen molar-refractivity contribution in [2.75, 3.05) is 11.0 Å². The minimum Gasteiger partial charge on any atom is -0.256 e. The van der Waals surface area contributed by atoms with Crippen molar-refractivity contribution in [1.82, 2.24) is 14.8 Å². The summed E-state index contributed by atoms with van der Waals surface area (Å²) in [6, 6.07) is 0. The number of rotatable bonds is 2. The smallest absolute Gasteiger partial charge is 0.238 e. The Morgan fingerprint density at radius 3 is 2.70 bits per heavy atom. The average Bonchev–Trinajstić information content (AvgIpc) is 2.12. The van der Waals surface area contributed by atoms with Gasteiger partial charge in [0.1, 0.15) is 0 Å². The molecule has 0 radical (unpaired) electrons. The molecule has 8 heteroatoms. The lowest BCUT2D eigenvalue weighted by atomic mass is 11.3. The zero-order valence-electron chi connectivity index (χ0n) is 4.97. The summed E-state index contributed by atoms with van der Waals surface area (Å²) in [6.45, 7) is 0. The van der Waals surface area contributed by atoms with Crippen LogP contribution >= 0.6 is 11.5 Å². The van der Waals surface area contributed by atoms with Crippen LogP contribution in [0.5, 0.6) is 0 Å². The highest BCUT2D eigenvalue weighted by Crippen LogP contribution is 2.05. The van der Waals surface area contributed by atoms with Gasteiger partial charge in [-0.15, -0.1) is 0 Å². The van der Waals surface area contributed by atoms with Crippen LogP contribution in [-0.2, 0) is 10.0 Å². The molecule has 1 N–H and O–H groups in total. The quantitative estimate of drug-likeness (QED) is 0.650. The topological polar surface area (TPSA) is 84.8 Å². The predicted molar refractivity (Wildman–Crippen MR) is 36.2 cm³/mol. The van der Waals surface area contributed by atoms with Crippen molar-refractivity contribution < 1.29 is 8.42 Å². The molecule has 0 fully saturated rings. The molecule has 56 valence electrons. The standard InChI is InChI=1S/C2H4N4O2S2/c1-10(7,8)4-2-3-5-6-9-2/h1H3,(H,3,4,6). The molecule has 1 heterocycles. The van der Waals surface area contributed by atoms with E-state index in [2.05, 4.69) is 19.5 Å². The molecule has 0 aliphatic heterocycles. The Morgan fingerprint density at radius 1 is 1.60 bits per heavy atom. The van der Waals surface area contributed by atoms with Gasteiger partial charge in [0.05, 0.1) is 6.26 Å². The molecule has 10 heavy (non-hydrogen) atoms. The monoisotopic (exact) mass is 180 g/mol. The maximum atomic E-state index is 10.5. The van der Waals surface area contributed by atoms with Crippen LogP contribution in [0.25, 0.3) is 0 Å². The highest BCUT2D eigenvalue weighted by Gasteiger charge is 2.03. The van der Waals surface area contributed by atoms with E-state index in [0.717, 1.165) is 17.8 Å². The van der Waals surface area contributed by atoms with Gasteiger partial charge in [0.2, 0.25) is 15.2 Å². The first-order chi connectivity index (χ1) is 4.58. The number of sulfonamides is 1. The van der Waals surface area contributed by atoms with Crippen molar-refractivity contribution in [2.24, 2.45) is 0 Å². The lowest BCUT2D eigenvalue weighted by Crippen LogP contribution is -2.08. The minimum atomic E-state index is -3.23. The van der Waals surface area contributed by atoms with Gasteiger partial charge < -0.3 is 0 Å². The van der Waals surface area contributed by atoms with Gasteiger partial charge in [-0.3, -0.25) is 4.72 Å². The van der Waals surface area contributed by atoms with Crippen molar-refractivity contribution in [3.63, 3.8) is 0 Å². The van der Waals surface area contributed by atoms with Crippen LogP contribution in [0.1, 0.15) is 0 Å². The molecule has 6 nitrogen and oxygen atoms in total. The third-order valence-electron chi connectivity index (χ3n) is 0.572. The maximum absolute atomic E-state index is 10.5. The van der Waals surface area contributed by atoms with Crippen molar-refractivity contribution in [2.45, 2.75) is 0 Å². The minimum absolute atomic E-state index is 0.183. The van der Waals surface area contributed by atoms with Crippen LogP contribution < -0.4 is 4.72 Å². The Balaban J connectivity index is 2.75. The molecule has 0 spiro atoms. The Kier molecular flexibility index (Phi) is 1.81. The van der Waals surface area contributed by atoms with Crippen molar-refractivity contribution in [1.29, 1.82) is 0 Å². The Bertz CT molecular complexity index is 289. The van der Waals surface area contributed by atoms with Gasteiger partial charge in [-0.25, -0.2) is 8.42 Å². The van der Waals surface area contributed by atoms with E-state index in [4.69, 9.17) is 0 Å². The highest BCUT2D eigenvalue weighted by atomic mass is 32.2. The average molecular weight is 180 g/mol. The molecule has 0 amide bonds. The van der Waals surface area contributed by atoms with Gasteiger partial charge in [0.25, 0.3) is 0 Å². The van der Waals surface area contributed by atoms with E-state index < -0.39 is 10.0 Å². The second-order valence-electron chi connectivity index (χ2n) is 1.54. The zero-order valence-corrected chi connectivity index (χ0v) is 6.61. The molecule has 1 rings (SSSR count). The molecule has 0 saturated carbocycles. The van der Waals surface area contributed by atoms with E-state index in [1.54, 1.807) is 0 Å². The van der Waals surface area contributed by atoms with E-state index in [1.165, 1.54) is 0 Å². The second kappa shape index (κ2) is 2.46. The van der Waals surface area contributed by atoms with Gasteiger partial charge in [-0.1, -0.05) is 9.59 Å². The first-order valence-corrected chi connectivity index (χ1v) is 4.87. The summed E-state index contributed by atoms with van der Waals surface area (Å²) < 4.78 is 26.5. The lowest BCUT2D eigenvalue weighted by molar-refractivity contribution is 0.606. The van der Waals surface area contributed by atoms with E-state index in [0.29, 0.717) is 0 Å². The Hall–Kier alpha value is -0.760. The van der Waals surface area contributed by atoms with E-state index in [1.807, 2.05) is 0 Å². The van der Waals surface area contributed by atoms with Crippen LogP contribution in [0.3, 0.4) is 0 Å². The molecule has 0 aromatic carbocycles. The molecular weight excluding hydrogens is 176 g/mol. The van der Waals surface area contributed by atoms with Gasteiger partial charge in [-0.05, 0) is 5.21 Å². The fraction of sp³-hybridized carbons (Fsp3) is 0.500. The van der Waals surface area contributed by atoms with Crippen LogP contribution in [0.2, 0.25) is 0 Å². The summed E-state index contributed by atoms with van der Waals surface area (Å²) in [7, 11) is -3.23. The summed E-state index contributed by atoms with van der Waals surface area (Å²) in [5.74, 6) is 0. The maximum Gasteiger partial charge on any atom is 0.238 e. The molecule has 0 saturated heterocycles. The van der Waals surface area contributed by atoms with Gasteiger partial charge in [0.15, 0.2) is 0 Å². The number of nitrogens with zero attached hydrogens (tertiary/aromatic N) is 3. The Labute approximate surface area is 61.5 Å². The summed E-state index contributed by atoms with van der Waals surface area (Å²) in [5, 5.41) is 6.75. The van der Waals surface area contributed by atoms with Crippen LogP contribution in [-0.4, -0.2) is 29.5 Å². The summed E-state index contributed by atoms with van der Waals surface area (Å²) in [6.07, 6.45) is 1.04. The highest BCUT2D eigenvalue weighted by molar-refractivity contribution is 7.92. The van der Waals surface area contributed by atoms with Crippen LogP contribution in [0, 0.1) is 0 Å². The molecule has 0 atom stereocenters.